The highest BCUT2D eigenvalue weighted by molar-refractivity contribution is 7.91. The summed E-state index contributed by atoms with van der Waals surface area (Å²) >= 11 is 0. The van der Waals surface area contributed by atoms with E-state index in [-0.39, 0.29) is 36.4 Å². The summed E-state index contributed by atoms with van der Waals surface area (Å²) in [7, 11) is -3.05. The first-order chi connectivity index (χ1) is 13.3. The highest BCUT2D eigenvalue weighted by atomic mass is 32.2. The van der Waals surface area contributed by atoms with Gasteiger partial charge in [0.1, 0.15) is 6.04 Å². The van der Waals surface area contributed by atoms with Gasteiger partial charge in [-0.1, -0.05) is 43.5 Å². The minimum absolute atomic E-state index is 0.00739. The molecule has 3 rings (SSSR count). The normalized spacial score (nSPS) is 22.3. The smallest absolute Gasteiger partial charge is 0.244 e. The molecule has 2 fully saturated rings. The Morgan fingerprint density at radius 1 is 1.07 bits per heavy atom. The highest BCUT2D eigenvalue weighted by Gasteiger charge is 2.43. The molecular weight excluding hydrogens is 376 g/mol. The van der Waals surface area contributed by atoms with Gasteiger partial charge in [0.25, 0.3) is 0 Å². The van der Waals surface area contributed by atoms with Crippen LogP contribution in [0.15, 0.2) is 24.3 Å². The third kappa shape index (κ3) is 4.24. The SMILES string of the molecule is Cc1ccccc1C1(C(=O)NC(C)C(=O)N2CCS(=O)(=O)CC2)CCCCC1. The van der Waals surface area contributed by atoms with Crippen LogP contribution in [0.1, 0.15) is 50.2 Å². The Kier molecular flexibility index (Phi) is 6.12. The molecule has 1 aliphatic heterocycles. The Morgan fingerprint density at radius 3 is 2.29 bits per heavy atom. The number of benzene rings is 1. The van der Waals surface area contributed by atoms with Crippen molar-refractivity contribution in [3.8, 4) is 0 Å². The van der Waals surface area contributed by atoms with E-state index in [0.717, 1.165) is 43.2 Å². The quantitative estimate of drug-likeness (QED) is 0.829. The van der Waals surface area contributed by atoms with Gasteiger partial charge in [0, 0.05) is 13.1 Å². The average Bonchev–Trinajstić information content (AvgIpc) is 2.68. The number of sulfone groups is 1. The van der Waals surface area contributed by atoms with Crippen LogP contribution in [0.3, 0.4) is 0 Å². The van der Waals surface area contributed by atoms with Gasteiger partial charge in [-0.2, -0.15) is 0 Å². The molecule has 2 aliphatic rings. The fraction of sp³-hybridized carbons (Fsp3) is 0.619. The van der Waals surface area contributed by atoms with Crippen molar-refractivity contribution in [3.63, 3.8) is 0 Å². The summed E-state index contributed by atoms with van der Waals surface area (Å²) in [6.07, 6.45) is 4.68. The van der Waals surface area contributed by atoms with Crippen LogP contribution in [0.4, 0.5) is 0 Å². The second-order valence-corrected chi connectivity index (χ2v) is 10.4. The van der Waals surface area contributed by atoms with Gasteiger partial charge in [0.15, 0.2) is 9.84 Å². The van der Waals surface area contributed by atoms with Crippen LogP contribution in [0.5, 0.6) is 0 Å². The Morgan fingerprint density at radius 2 is 1.68 bits per heavy atom. The van der Waals surface area contributed by atoms with Gasteiger partial charge in [-0.25, -0.2) is 8.42 Å². The molecule has 1 saturated heterocycles. The number of nitrogens with one attached hydrogen (secondary N) is 1. The Bertz CT molecular complexity index is 830. The van der Waals surface area contributed by atoms with Crippen molar-refractivity contribution in [2.24, 2.45) is 0 Å². The molecule has 28 heavy (non-hydrogen) atoms. The van der Waals surface area contributed by atoms with Crippen molar-refractivity contribution >= 4 is 21.7 Å². The van der Waals surface area contributed by atoms with Crippen LogP contribution >= 0.6 is 0 Å². The zero-order valence-corrected chi connectivity index (χ0v) is 17.6. The van der Waals surface area contributed by atoms with Crippen molar-refractivity contribution in [2.45, 2.75) is 57.4 Å². The average molecular weight is 407 g/mol. The van der Waals surface area contributed by atoms with Crippen molar-refractivity contribution in [1.29, 1.82) is 0 Å². The molecule has 1 heterocycles. The monoisotopic (exact) mass is 406 g/mol. The molecule has 2 amide bonds. The maximum absolute atomic E-state index is 13.4. The molecule has 1 aromatic carbocycles. The fourth-order valence-corrected chi connectivity index (χ4v) is 5.69. The topological polar surface area (TPSA) is 83.6 Å². The largest absolute Gasteiger partial charge is 0.344 e. The number of amides is 2. The number of carbonyl (C=O) groups is 2. The number of hydrogen-bond acceptors (Lipinski definition) is 4. The zero-order chi connectivity index (χ0) is 20.4. The van der Waals surface area contributed by atoms with Gasteiger partial charge in [0.05, 0.1) is 16.9 Å². The van der Waals surface area contributed by atoms with Gasteiger partial charge in [-0.15, -0.1) is 0 Å². The first kappa shape index (κ1) is 20.8. The highest BCUT2D eigenvalue weighted by Crippen LogP contribution is 2.41. The molecule has 1 atom stereocenters. The fourth-order valence-electron chi connectivity index (χ4n) is 4.49. The van der Waals surface area contributed by atoms with E-state index < -0.39 is 21.3 Å². The summed E-state index contributed by atoms with van der Waals surface area (Å²) < 4.78 is 23.2. The number of carbonyl (C=O) groups excluding carboxylic acids is 2. The molecule has 154 valence electrons. The molecule has 0 radical (unpaired) electrons. The predicted octanol–water partition coefficient (Wildman–Crippen LogP) is 1.96. The molecule has 6 nitrogen and oxygen atoms in total. The first-order valence-corrected chi connectivity index (χ1v) is 11.9. The van der Waals surface area contributed by atoms with E-state index >= 15 is 0 Å². The van der Waals surface area contributed by atoms with Crippen LogP contribution in [0.25, 0.3) is 0 Å². The van der Waals surface area contributed by atoms with E-state index in [9.17, 15) is 18.0 Å². The summed E-state index contributed by atoms with van der Waals surface area (Å²) in [4.78, 5) is 27.7. The molecule has 7 heteroatoms. The van der Waals surface area contributed by atoms with E-state index in [1.165, 1.54) is 0 Å². The lowest BCUT2D eigenvalue weighted by Crippen LogP contribution is -2.55. The zero-order valence-electron chi connectivity index (χ0n) is 16.7. The number of rotatable bonds is 4. The van der Waals surface area contributed by atoms with Crippen LogP contribution < -0.4 is 5.32 Å². The van der Waals surface area contributed by atoms with Gasteiger partial charge >= 0.3 is 0 Å². The summed E-state index contributed by atoms with van der Waals surface area (Å²) in [5, 5.41) is 2.95. The van der Waals surface area contributed by atoms with Crippen LogP contribution in [-0.4, -0.2) is 55.8 Å². The van der Waals surface area contributed by atoms with E-state index in [0.29, 0.717) is 0 Å². The van der Waals surface area contributed by atoms with E-state index in [2.05, 4.69) is 5.32 Å². The Balaban J connectivity index is 1.75. The molecule has 1 aromatic rings. The molecule has 1 unspecified atom stereocenters. The minimum atomic E-state index is -3.05. The molecule has 1 N–H and O–H groups in total. The lowest BCUT2D eigenvalue weighted by Gasteiger charge is -2.38. The lowest BCUT2D eigenvalue weighted by atomic mass is 9.67. The Labute approximate surface area is 167 Å². The number of nitrogens with zero attached hydrogens (tertiary/aromatic N) is 1. The standard InChI is InChI=1S/C21H30N2O4S/c1-16-8-4-5-9-18(16)21(10-6-3-7-11-21)20(25)22-17(2)19(24)23-12-14-28(26,27)15-13-23/h4-5,8-9,17H,3,6-7,10-15H2,1-2H3,(H,22,25). The van der Waals surface area contributed by atoms with Crippen LogP contribution in [-0.2, 0) is 24.8 Å². The first-order valence-electron chi connectivity index (χ1n) is 10.1. The van der Waals surface area contributed by atoms with Crippen LogP contribution in [0, 0.1) is 6.92 Å². The van der Waals surface area contributed by atoms with Crippen molar-refractivity contribution < 1.29 is 18.0 Å². The predicted molar refractivity (Wildman–Crippen MR) is 109 cm³/mol. The maximum atomic E-state index is 13.4. The summed E-state index contributed by atoms with van der Waals surface area (Å²) in [6.45, 7) is 4.12. The van der Waals surface area contributed by atoms with Crippen molar-refractivity contribution in [2.75, 3.05) is 24.6 Å². The molecule has 1 saturated carbocycles. The van der Waals surface area contributed by atoms with Gasteiger partial charge in [-0.05, 0) is 37.8 Å². The van der Waals surface area contributed by atoms with Crippen LogP contribution in [0.2, 0.25) is 0 Å². The Hall–Kier alpha value is -1.89. The van der Waals surface area contributed by atoms with Crippen molar-refractivity contribution in [1.82, 2.24) is 10.2 Å². The number of hydrogen-bond donors (Lipinski definition) is 1. The van der Waals surface area contributed by atoms with Crippen molar-refractivity contribution in [3.05, 3.63) is 35.4 Å². The van der Waals surface area contributed by atoms with E-state index in [4.69, 9.17) is 0 Å². The molecule has 0 bridgehead atoms. The van der Waals surface area contributed by atoms with Gasteiger partial charge in [-0.3, -0.25) is 9.59 Å². The second-order valence-electron chi connectivity index (χ2n) is 8.13. The minimum Gasteiger partial charge on any atom is -0.344 e. The summed E-state index contributed by atoms with van der Waals surface area (Å²) in [5.74, 6) is -0.315. The third-order valence-electron chi connectivity index (χ3n) is 6.18. The van der Waals surface area contributed by atoms with E-state index in [1.807, 2.05) is 31.2 Å². The van der Waals surface area contributed by atoms with E-state index in [1.54, 1.807) is 11.8 Å². The molecule has 0 aromatic heterocycles. The lowest BCUT2D eigenvalue weighted by molar-refractivity contribution is -0.137. The third-order valence-corrected chi connectivity index (χ3v) is 7.79. The molecular formula is C21H30N2O4S. The molecule has 1 aliphatic carbocycles. The summed E-state index contributed by atoms with van der Waals surface area (Å²) in [5.41, 5.74) is 1.55. The van der Waals surface area contributed by atoms with Gasteiger partial charge in [0.2, 0.25) is 11.8 Å². The van der Waals surface area contributed by atoms with Gasteiger partial charge < -0.3 is 10.2 Å². The second kappa shape index (κ2) is 8.23. The molecule has 0 spiro atoms. The number of aryl methyl sites for hydroxylation is 1. The summed E-state index contributed by atoms with van der Waals surface area (Å²) in [6, 6.07) is 7.33. The maximum Gasteiger partial charge on any atom is 0.244 e.